The highest BCUT2D eigenvalue weighted by atomic mass is 19.3. The van der Waals surface area contributed by atoms with Gasteiger partial charge in [-0.25, -0.2) is 8.78 Å². The van der Waals surface area contributed by atoms with E-state index in [-0.39, 0.29) is 30.2 Å². The number of imide groups is 1. The number of aryl methyl sites for hydroxylation is 1. The molecule has 3 amide bonds. The van der Waals surface area contributed by atoms with E-state index in [0.717, 1.165) is 49.8 Å². The van der Waals surface area contributed by atoms with Gasteiger partial charge in [0.15, 0.2) is 0 Å². The third kappa shape index (κ3) is 8.13. The third-order valence-electron chi connectivity index (χ3n) is 9.89. The van der Waals surface area contributed by atoms with E-state index in [1.54, 1.807) is 18.0 Å². The Kier molecular flexibility index (Phi) is 11.4. The topological polar surface area (TPSA) is 106 Å². The van der Waals surface area contributed by atoms with E-state index in [4.69, 9.17) is 5.41 Å². The maximum absolute atomic E-state index is 14.9. The van der Waals surface area contributed by atoms with Crippen molar-refractivity contribution < 1.29 is 23.2 Å². The summed E-state index contributed by atoms with van der Waals surface area (Å²) in [4.78, 5) is 41.0. The Morgan fingerprint density at radius 1 is 0.980 bits per heavy atom. The number of carbonyl (C=O) groups excluding carboxylic acids is 3. The minimum Gasteiger partial charge on any atom is -0.388 e. The molecule has 0 saturated carbocycles. The van der Waals surface area contributed by atoms with E-state index in [2.05, 4.69) is 46.9 Å². The first-order chi connectivity index (χ1) is 23.6. The Morgan fingerprint density at radius 3 is 2.37 bits per heavy atom. The Hall–Kier alpha value is -4.70. The fourth-order valence-corrected chi connectivity index (χ4v) is 7.14. The Labute approximate surface area is 287 Å². The average molecular weight is 670 g/mol. The van der Waals surface area contributed by atoms with E-state index in [9.17, 15) is 23.2 Å². The van der Waals surface area contributed by atoms with Crippen LogP contribution >= 0.6 is 0 Å². The second-order valence-electron chi connectivity index (χ2n) is 12.9. The van der Waals surface area contributed by atoms with Crippen molar-refractivity contribution in [1.82, 2.24) is 15.1 Å². The minimum absolute atomic E-state index is 0.0585. The minimum atomic E-state index is -2.95. The standard InChI is InChI=1S/C37H41F2N5O3.C2H4/c1-41-32-11-9-30(20-28(32)21-40)37(38,39)16-2-3-24-4-6-25(7-5-24)22-43-17-14-26(15-18-43)27-8-10-31-29(19-27)23-44(36(31)47)33-12-13-34(45)42-35(33)46;1-2/h4-11,19-21,26,33,40-41H,2-3,12-18,22-23H2,1H3,(H,42,45,46);1-2H2. The van der Waals surface area contributed by atoms with Gasteiger partial charge in [0, 0.05) is 61.6 Å². The number of nitrogens with zero attached hydrogens (tertiary/aromatic N) is 2. The molecule has 10 heteroatoms. The van der Waals surface area contributed by atoms with Crippen molar-refractivity contribution in [1.29, 1.82) is 5.41 Å². The Bertz CT molecular complexity index is 1680. The predicted molar refractivity (Wildman–Crippen MR) is 188 cm³/mol. The summed E-state index contributed by atoms with van der Waals surface area (Å²) in [5.74, 6) is -3.38. The molecule has 2 saturated heterocycles. The Balaban J connectivity index is 0.00000230. The fourth-order valence-electron chi connectivity index (χ4n) is 7.14. The zero-order chi connectivity index (χ0) is 35.1. The van der Waals surface area contributed by atoms with Gasteiger partial charge in [0.2, 0.25) is 11.8 Å². The molecule has 0 aliphatic carbocycles. The summed E-state index contributed by atoms with van der Waals surface area (Å²) in [6, 6.07) is 18.2. The first kappa shape index (κ1) is 35.6. The van der Waals surface area contributed by atoms with Crippen molar-refractivity contribution in [3.05, 3.63) is 113 Å². The van der Waals surface area contributed by atoms with Crippen molar-refractivity contribution in [2.75, 3.05) is 25.5 Å². The van der Waals surface area contributed by atoms with Crippen molar-refractivity contribution in [2.24, 2.45) is 0 Å². The van der Waals surface area contributed by atoms with Crippen LogP contribution in [0.3, 0.4) is 0 Å². The molecule has 0 aromatic heterocycles. The van der Waals surface area contributed by atoms with Crippen molar-refractivity contribution in [2.45, 2.75) is 75.9 Å². The van der Waals surface area contributed by atoms with Crippen LogP contribution in [0.2, 0.25) is 0 Å². The van der Waals surface area contributed by atoms with Gasteiger partial charge in [-0.05, 0) is 91.6 Å². The zero-order valence-corrected chi connectivity index (χ0v) is 28.1. The number of halogens is 2. The van der Waals surface area contributed by atoms with Crippen molar-refractivity contribution in [3.63, 3.8) is 0 Å². The molecule has 258 valence electrons. The highest BCUT2D eigenvalue weighted by Gasteiger charge is 2.39. The molecule has 0 radical (unpaired) electrons. The summed E-state index contributed by atoms with van der Waals surface area (Å²) in [5.41, 5.74) is 6.10. The first-order valence-electron chi connectivity index (χ1n) is 16.9. The van der Waals surface area contributed by atoms with Gasteiger partial charge in [0.05, 0.1) is 0 Å². The van der Waals surface area contributed by atoms with Gasteiger partial charge in [-0.2, -0.15) is 0 Å². The SMILES string of the molecule is C=C.CNc1ccc(C(F)(F)CCCc2ccc(CN3CCC(c4ccc5c(c4)CN(C4CCC(=O)NC4=O)C5=O)CC3)cc2)cc1C=N. The molecule has 3 aliphatic heterocycles. The van der Waals surface area contributed by atoms with E-state index in [1.165, 1.54) is 23.3 Å². The van der Waals surface area contributed by atoms with Crippen LogP contribution in [0.1, 0.15) is 88.2 Å². The van der Waals surface area contributed by atoms with Crippen LogP contribution in [-0.4, -0.2) is 59.9 Å². The monoisotopic (exact) mass is 669 g/mol. The number of piperidine rings is 2. The number of amides is 3. The van der Waals surface area contributed by atoms with Crippen LogP contribution in [0.15, 0.2) is 73.8 Å². The van der Waals surface area contributed by atoms with Crippen LogP contribution in [0.25, 0.3) is 0 Å². The van der Waals surface area contributed by atoms with Crippen LogP contribution in [0.4, 0.5) is 14.5 Å². The maximum Gasteiger partial charge on any atom is 0.273 e. The number of rotatable bonds is 11. The summed E-state index contributed by atoms with van der Waals surface area (Å²) >= 11 is 0. The molecule has 3 aliphatic rings. The number of carbonyl (C=O) groups is 3. The van der Waals surface area contributed by atoms with Gasteiger partial charge < -0.3 is 15.6 Å². The number of likely N-dealkylation sites (tertiary alicyclic amines) is 1. The lowest BCUT2D eigenvalue weighted by Gasteiger charge is -2.32. The first-order valence-corrected chi connectivity index (χ1v) is 16.9. The third-order valence-corrected chi connectivity index (χ3v) is 9.89. The van der Waals surface area contributed by atoms with E-state index >= 15 is 0 Å². The normalized spacial score (nSPS) is 18.4. The summed E-state index contributed by atoms with van der Waals surface area (Å²) in [6.07, 6.45) is 4.40. The fraction of sp³-hybridized carbons (Fsp3) is 0.385. The number of hydrogen-bond donors (Lipinski definition) is 3. The molecule has 8 nitrogen and oxygen atoms in total. The maximum atomic E-state index is 14.9. The summed E-state index contributed by atoms with van der Waals surface area (Å²) in [7, 11) is 1.71. The number of fused-ring (bicyclic) bond motifs is 1. The molecule has 1 atom stereocenters. The number of alkyl halides is 2. The van der Waals surface area contributed by atoms with E-state index in [1.807, 2.05) is 24.3 Å². The van der Waals surface area contributed by atoms with Gasteiger partial charge in [-0.1, -0.05) is 42.5 Å². The number of nitrogens with one attached hydrogen (secondary N) is 3. The lowest BCUT2D eigenvalue weighted by Crippen LogP contribution is -2.52. The second-order valence-corrected chi connectivity index (χ2v) is 12.9. The molecule has 1 unspecified atom stereocenters. The molecule has 0 bridgehead atoms. The largest absolute Gasteiger partial charge is 0.388 e. The molecule has 6 rings (SSSR count). The summed E-state index contributed by atoms with van der Waals surface area (Å²) in [5, 5.41) is 12.8. The lowest BCUT2D eigenvalue weighted by atomic mass is 9.87. The number of hydrogen-bond acceptors (Lipinski definition) is 6. The molecular weight excluding hydrogens is 624 g/mol. The van der Waals surface area contributed by atoms with Crippen molar-refractivity contribution >= 4 is 29.6 Å². The van der Waals surface area contributed by atoms with Gasteiger partial charge in [-0.3, -0.25) is 24.6 Å². The summed E-state index contributed by atoms with van der Waals surface area (Å²) < 4.78 is 29.8. The van der Waals surface area contributed by atoms with Crippen LogP contribution in [0.5, 0.6) is 0 Å². The highest BCUT2D eigenvalue weighted by Crippen LogP contribution is 2.36. The lowest BCUT2D eigenvalue weighted by molar-refractivity contribution is -0.136. The van der Waals surface area contributed by atoms with E-state index < -0.39 is 17.9 Å². The number of anilines is 1. The van der Waals surface area contributed by atoms with Gasteiger partial charge in [-0.15, -0.1) is 13.2 Å². The molecule has 49 heavy (non-hydrogen) atoms. The molecule has 3 heterocycles. The quantitative estimate of drug-likeness (QED) is 0.119. The second kappa shape index (κ2) is 15.7. The van der Waals surface area contributed by atoms with Crippen LogP contribution in [0, 0.1) is 5.41 Å². The zero-order valence-electron chi connectivity index (χ0n) is 28.1. The van der Waals surface area contributed by atoms with Crippen LogP contribution < -0.4 is 10.6 Å². The van der Waals surface area contributed by atoms with Crippen LogP contribution in [-0.2, 0) is 35.0 Å². The molecule has 0 spiro atoms. The van der Waals surface area contributed by atoms with Crippen molar-refractivity contribution in [3.8, 4) is 0 Å². The number of benzene rings is 3. The summed E-state index contributed by atoms with van der Waals surface area (Å²) in [6.45, 7) is 9.13. The van der Waals surface area contributed by atoms with E-state index in [0.29, 0.717) is 48.5 Å². The van der Waals surface area contributed by atoms with Gasteiger partial charge in [0.1, 0.15) is 6.04 Å². The molecular formula is C39H45F2N5O3. The molecule has 3 aromatic rings. The Morgan fingerprint density at radius 2 is 1.69 bits per heavy atom. The molecule has 3 N–H and O–H groups in total. The smallest absolute Gasteiger partial charge is 0.273 e. The highest BCUT2D eigenvalue weighted by molar-refractivity contribution is 6.05. The van der Waals surface area contributed by atoms with Gasteiger partial charge >= 0.3 is 0 Å². The molecule has 3 aromatic carbocycles. The average Bonchev–Trinajstić information content (AvgIpc) is 3.44. The molecule has 2 fully saturated rings. The predicted octanol–water partition coefficient (Wildman–Crippen LogP) is 6.78. The van der Waals surface area contributed by atoms with Gasteiger partial charge in [0.25, 0.3) is 11.8 Å².